The van der Waals surface area contributed by atoms with E-state index in [-0.39, 0.29) is 0 Å². The van der Waals surface area contributed by atoms with E-state index >= 15 is 0 Å². The fraction of sp³-hybridized carbons (Fsp3) is 0.0556. The summed E-state index contributed by atoms with van der Waals surface area (Å²) in [5, 5.41) is 3.87. The van der Waals surface area contributed by atoms with E-state index in [1.54, 1.807) is 6.33 Å². The molecule has 0 saturated heterocycles. The molecular weight excluding hydrogens is 322 g/mol. The van der Waals surface area contributed by atoms with Gasteiger partial charge in [-0.1, -0.05) is 54.1 Å². The highest BCUT2D eigenvalue weighted by Crippen LogP contribution is 2.27. The summed E-state index contributed by atoms with van der Waals surface area (Å²) in [5.74, 6) is 0.639. The van der Waals surface area contributed by atoms with Crippen molar-refractivity contribution in [1.29, 1.82) is 0 Å². The molecule has 0 aliphatic heterocycles. The first kappa shape index (κ1) is 14.7. The molecule has 0 fully saturated rings. The van der Waals surface area contributed by atoms with Gasteiger partial charge in [0, 0.05) is 0 Å². The van der Waals surface area contributed by atoms with E-state index in [1.807, 2.05) is 47.0 Å². The Labute approximate surface area is 144 Å². The van der Waals surface area contributed by atoms with Gasteiger partial charge in [-0.2, -0.15) is 0 Å². The standard InChI is InChI=1S/C18H14ClN5/c19-14-8-4-5-9-15(14)23-17-16-18(21-11-20-17)24(12-22-16)10-13-6-2-1-3-7-13/h1-9,11-12H,10H2,(H,20,21,23). The summed E-state index contributed by atoms with van der Waals surface area (Å²) < 4.78 is 2.00. The average molecular weight is 336 g/mol. The minimum atomic E-state index is 0.632. The number of imidazole rings is 1. The molecule has 0 unspecified atom stereocenters. The van der Waals surface area contributed by atoms with Crippen molar-refractivity contribution in [2.75, 3.05) is 5.32 Å². The van der Waals surface area contributed by atoms with Crippen molar-refractivity contribution in [2.45, 2.75) is 6.54 Å². The third-order valence-corrected chi connectivity index (χ3v) is 4.05. The van der Waals surface area contributed by atoms with Crippen molar-refractivity contribution in [3.63, 3.8) is 0 Å². The van der Waals surface area contributed by atoms with Crippen LogP contribution in [-0.4, -0.2) is 19.5 Å². The van der Waals surface area contributed by atoms with E-state index in [9.17, 15) is 0 Å². The number of hydrogen-bond donors (Lipinski definition) is 1. The van der Waals surface area contributed by atoms with Crippen LogP contribution >= 0.6 is 11.6 Å². The molecule has 4 aromatic rings. The van der Waals surface area contributed by atoms with E-state index in [1.165, 1.54) is 11.9 Å². The number of aromatic nitrogens is 4. The van der Waals surface area contributed by atoms with Gasteiger partial charge in [-0.15, -0.1) is 0 Å². The number of nitrogens with one attached hydrogen (secondary N) is 1. The lowest BCUT2D eigenvalue weighted by molar-refractivity contribution is 0.813. The van der Waals surface area contributed by atoms with Crippen molar-refractivity contribution < 1.29 is 0 Å². The van der Waals surface area contributed by atoms with Crippen LogP contribution in [0.25, 0.3) is 11.2 Å². The van der Waals surface area contributed by atoms with Crippen LogP contribution in [0.4, 0.5) is 11.5 Å². The molecular formula is C18H14ClN5. The Bertz CT molecular complexity index is 981. The van der Waals surface area contributed by atoms with Crippen molar-refractivity contribution in [3.8, 4) is 0 Å². The van der Waals surface area contributed by atoms with Gasteiger partial charge in [-0.25, -0.2) is 15.0 Å². The summed E-state index contributed by atoms with van der Waals surface area (Å²) >= 11 is 6.21. The van der Waals surface area contributed by atoms with Crippen LogP contribution in [0.5, 0.6) is 0 Å². The van der Waals surface area contributed by atoms with E-state index in [4.69, 9.17) is 11.6 Å². The van der Waals surface area contributed by atoms with E-state index in [2.05, 4.69) is 32.4 Å². The molecule has 2 aromatic heterocycles. The third-order valence-electron chi connectivity index (χ3n) is 3.72. The highest BCUT2D eigenvalue weighted by atomic mass is 35.5. The van der Waals surface area contributed by atoms with Gasteiger partial charge in [0.15, 0.2) is 17.0 Å². The van der Waals surface area contributed by atoms with Crippen LogP contribution in [0.1, 0.15) is 5.56 Å². The molecule has 0 spiro atoms. The largest absolute Gasteiger partial charge is 0.337 e. The molecule has 0 bridgehead atoms. The molecule has 0 saturated carbocycles. The lowest BCUT2D eigenvalue weighted by atomic mass is 10.2. The van der Waals surface area contributed by atoms with E-state index < -0.39 is 0 Å². The Morgan fingerprint density at radius 1 is 0.917 bits per heavy atom. The van der Waals surface area contributed by atoms with Crippen molar-refractivity contribution in [3.05, 3.63) is 77.8 Å². The first-order valence-corrected chi connectivity index (χ1v) is 7.90. The molecule has 0 aliphatic rings. The summed E-state index contributed by atoms with van der Waals surface area (Å²) in [6.45, 7) is 0.708. The van der Waals surface area contributed by atoms with Gasteiger partial charge in [0.05, 0.1) is 23.6 Å². The predicted octanol–water partition coefficient (Wildman–Crippen LogP) is 4.27. The SMILES string of the molecule is Clc1ccccc1Nc1ncnc2c1ncn2Cc1ccccc1. The quantitative estimate of drug-likeness (QED) is 0.605. The number of nitrogens with zero attached hydrogens (tertiary/aromatic N) is 4. The van der Waals surface area contributed by atoms with Crippen LogP contribution in [0.3, 0.4) is 0 Å². The van der Waals surface area contributed by atoms with Crippen molar-refractivity contribution >= 4 is 34.3 Å². The Kier molecular flexibility index (Phi) is 3.84. The number of fused-ring (bicyclic) bond motifs is 1. The lowest BCUT2D eigenvalue weighted by Crippen LogP contribution is -2.01. The highest BCUT2D eigenvalue weighted by Gasteiger charge is 2.11. The lowest BCUT2D eigenvalue weighted by Gasteiger charge is -2.08. The summed E-state index contributed by atoms with van der Waals surface area (Å²) in [4.78, 5) is 13.2. The van der Waals surface area contributed by atoms with Crippen LogP contribution < -0.4 is 5.32 Å². The maximum absolute atomic E-state index is 6.21. The molecule has 5 nitrogen and oxygen atoms in total. The first-order valence-electron chi connectivity index (χ1n) is 7.52. The first-order chi connectivity index (χ1) is 11.8. The molecule has 1 N–H and O–H groups in total. The number of hydrogen-bond acceptors (Lipinski definition) is 4. The number of para-hydroxylation sites is 1. The van der Waals surface area contributed by atoms with E-state index in [0.29, 0.717) is 22.9 Å². The molecule has 2 aromatic carbocycles. The molecule has 2 heterocycles. The molecule has 0 amide bonds. The van der Waals surface area contributed by atoms with Crippen molar-refractivity contribution in [1.82, 2.24) is 19.5 Å². The van der Waals surface area contributed by atoms with Gasteiger partial charge in [-0.05, 0) is 17.7 Å². The van der Waals surface area contributed by atoms with E-state index in [0.717, 1.165) is 11.3 Å². The second-order valence-corrected chi connectivity index (χ2v) is 5.76. The van der Waals surface area contributed by atoms with Gasteiger partial charge >= 0.3 is 0 Å². The van der Waals surface area contributed by atoms with Gasteiger partial charge in [0.2, 0.25) is 0 Å². The Morgan fingerprint density at radius 2 is 1.71 bits per heavy atom. The molecule has 0 atom stereocenters. The fourth-order valence-electron chi connectivity index (χ4n) is 2.56. The highest BCUT2D eigenvalue weighted by molar-refractivity contribution is 6.33. The molecule has 118 valence electrons. The molecule has 6 heteroatoms. The maximum Gasteiger partial charge on any atom is 0.165 e. The smallest absolute Gasteiger partial charge is 0.165 e. The normalized spacial score (nSPS) is 10.9. The Hall–Kier alpha value is -2.92. The average Bonchev–Trinajstić information content (AvgIpc) is 3.02. The topological polar surface area (TPSA) is 55.6 Å². The summed E-state index contributed by atoms with van der Waals surface area (Å²) in [7, 11) is 0. The second kappa shape index (κ2) is 6.29. The minimum Gasteiger partial charge on any atom is -0.337 e. The summed E-state index contributed by atoms with van der Waals surface area (Å²) in [5.41, 5.74) is 3.48. The fourth-order valence-corrected chi connectivity index (χ4v) is 2.74. The number of anilines is 2. The second-order valence-electron chi connectivity index (χ2n) is 5.36. The van der Waals surface area contributed by atoms with Gasteiger partial charge in [0.25, 0.3) is 0 Å². The number of rotatable bonds is 4. The molecule has 24 heavy (non-hydrogen) atoms. The van der Waals surface area contributed by atoms with Crippen LogP contribution in [-0.2, 0) is 6.54 Å². The van der Waals surface area contributed by atoms with Crippen molar-refractivity contribution in [2.24, 2.45) is 0 Å². The Morgan fingerprint density at radius 3 is 2.54 bits per heavy atom. The van der Waals surface area contributed by atoms with Gasteiger partial charge in [0.1, 0.15) is 6.33 Å². The molecule has 0 radical (unpaired) electrons. The van der Waals surface area contributed by atoms with Gasteiger partial charge < -0.3 is 9.88 Å². The number of benzene rings is 2. The molecule has 0 aliphatic carbocycles. The molecule has 4 rings (SSSR count). The number of halogens is 1. The zero-order valence-electron chi connectivity index (χ0n) is 12.7. The Balaban J connectivity index is 1.70. The van der Waals surface area contributed by atoms with Crippen LogP contribution in [0.2, 0.25) is 5.02 Å². The summed E-state index contributed by atoms with van der Waals surface area (Å²) in [6.07, 6.45) is 3.31. The maximum atomic E-state index is 6.21. The van der Waals surface area contributed by atoms with Crippen LogP contribution in [0.15, 0.2) is 67.3 Å². The minimum absolute atomic E-state index is 0.632. The zero-order valence-corrected chi connectivity index (χ0v) is 13.5. The predicted molar refractivity (Wildman–Crippen MR) is 95.6 cm³/mol. The third kappa shape index (κ3) is 2.81. The zero-order chi connectivity index (χ0) is 16.4. The van der Waals surface area contributed by atoms with Gasteiger partial charge in [-0.3, -0.25) is 0 Å². The van der Waals surface area contributed by atoms with Crippen LogP contribution in [0, 0.1) is 0 Å². The summed E-state index contributed by atoms with van der Waals surface area (Å²) in [6, 6.07) is 17.7. The monoisotopic (exact) mass is 335 g/mol.